The van der Waals surface area contributed by atoms with E-state index in [4.69, 9.17) is 4.98 Å². The summed E-state index contributed by atoms with van der Waals surface area (Å²) in [6, 6.07) is 7.28. The number of rotatable bonds is 11. The molecule has 0 atom stereocenters. The Balaban J connectivity index is 1.74. The van der Waals surface area contributed by atoms with Crippen LogP contribution in [0.3, 0.4) is 0 Å². The SMILES string of the molecule is CCC[CH2][Sn]([CH2]CCC)([CH2]CCC)[c]1cncc(-c2cc3c4c(c2)CCC(=O)N4CCC3)c1. The van der Waals surface area contributed by atoms with Gasteiger partial charge in [-0.3, -0.25) is 0 Å². The maximum absolute atomic E-state index is 12.5. The van der Waals surface area contributed by atoms with E-state index in [0.717, 1.165) is 25.8 Å². The summed E-state index contributed by atoms with van der Waals surface area (Å²) in [5.41, 5.74) is 6.57. The second-order valence-corrected chi connectivity index (χ2v) is 23.6. The van der Waals surface area contributed by atoms with Gasteiger partial charge in [0, 0.05) is 0 Å². The second-order valence-electron chi connectivity index (χ2n) is 10.3. The maximum atomic E-state index is 12.5. The van der Waals surface area contributed by atoms with Crippen LogP contribution in [0.2, 0.25) is 13.3 Å². The van der Waals surface area contributed by atoms with Crippen LogP contribution in [0.15, 0.2) is 30.6 Å². The van der Waals surface area contributed by atoms with E-state index >= 15 is 0 Å². The van der Waals surface area contributed by atoms with Gasteiger partial charge in [-0.25, -0.2) is 0 Å². The molecule has 2 aliphatic rings. The van der Waals surface area contributed by atoms with Crippen molar-refractivity contribution in [2.24, 2.45) is 0 Å². The van der Waals surface area contributed by atoms with Crippen LogP contribution in [0, 0.1) is 0 Å². The molecule has 0 spiro atoms. The predicted octanol–water partition coefficient (Wildman–Crippen LogP) is 7.03. The van der Waals surface area contributed by atoms with Gasteiger partial charge in [0.05, 0.1) is 0 Å². The number of nitrogens with zero attached hydrogens (tertiary/aromatic N) is 2. The average molecular weight is 553 g/mol. The van der Waals surface area contributed by atoms with E-state index in [1.807, 2.05) is 0 Å². The van der Waals surface area contributed by atoms with Gasteiger partial charge in [-0.05, 0) is 0 Å². The zero-order valence-electron chi connectivity index (χ0n) is 21.1. The van der Waals surface area contributed by atoms with Crippen LogP contribution in [0.25, 0.3) is 11.1 Å². The van der Waals surface area contributed by atoms with Crippen LogP contribution in [0.4, 0.5) is 5.69 Å². The number of aromatic nitrogens is 1. The second kappa shape index (κ2) is 11.4. The third-order valence-corrected chi connectivity index (χ3v) is 23.5. The number of aryl methyl sites for hydroxylation is 2. The van der Waals surface area contributed by atoms with Crippen molar-refractivity contribution >= 4 is 33.6 Å². The third kappa shape index (κ3) is 5.33. The van der Waals surface area contributed by atoms with Crippen molar-refractivity contribution in [1.82, 2.24) is 4.98 Å². The van der Waals surface area contributed by atoms with Gasteiger partial charge in [-0.2, -0.15) is 0 Å². The zero-order chi connectivity index (χ0) is 23.3. The first-order chi connectivity index (χ1) is 16.1. The van der Waals surface area contributed by atoms with Crippen LogP contribution < -0.4 is 8.48 Å². The molecule has 3 heterocycles. The summed E-state index contributed by atoms with van der Waals surface area (Å²) < 4.78 is 6.08. The van der Waals surface area contributed by atoms with Gasteiger partial charge < -0.3 is 0 Å². The number of benzene rings is 1. The summed E-state index contributed by atoms with van der Waals surface area (Å²) in [7, 11) is 0. The van der Waals surface area contributed by atoms with Crippen LogP contribution in [-0.2, 0) is 17.6 Å². The Bertz CT molecular complexity index is 931. The number of hydrogen-bond donors (Lipinski definition) is 0. The number of amides is 1. The van der Waals surface area contributed by atoms with Crippen molar-refractivity contribution < 1.29 is 4.79 Å². The van der Waals surface area contributed by atoms with Crippen molar-refractivity contribution in [3.8, 4) is 11.1 Å². The standard InChI is InChI=1S/C17H15N2O.3C4H9.Sn/c20-16-6-5-13-10-15(14-3-1-7-18-11-14)9-12-4-2-8-19(16)17(12)13;3*1-3-4-2;/h3,7,9-11H,2,4-6,8H2;3*1,3-4H2,2H3;. The number of unbranched alkanes of at least 4 members (excludes halogenated alkanes) is 3. The van der Waals surface area contributed by atoms with Crippen molar-refractivity contribution in [2.45, 2.75) is 98.3 Å². The Morgan fingerprint density at radius 3 is 2.09 bits per heavy atom. The zero-order valence-corrected chi connectivity index (χ0v) is 23.9. The molecule has 0 radical (unpaired) electrons. The Morgan fingerprint density at radius 1 is 0.818 bits per heavy atom. The number of carbonyl (C=O) groups excluding carboxylic acids is 1. The van der Waals surface area contributed by atoms with E-state index < -0.39 is 18.4 Å². The molecule has 2 aromatic rings. The van der Waals surface area contributed by atoms with E-state index in [-0.39, 0.29) is 0 Å². The summed E-state index contributed by atoms with van der Waals surface area (Å²) in [6.07, 6.45) is 16.1. The van der Waals surface area contributed by atoms with Gasteiger partial charge >= 0.3 is 206 Å². The molecule has 4 heteroatoms. The van der Waals surface area contributed by atoms with E-state index in [1.165, 1.54) is 79.8 Å². The molecule has 0 N–H and O–H groups in total. The number of pyridine rings is 1. The first-order valence-corrected chi connectivity index (χ1v) is 21.0. The molecule has 2 aliphatic heterocycles. The van der Waals surface area contributed by atoms with Gasteiger partial charge in [0.25, 0.3) is 0 Å². The van der Waals surface area contributed by atoms with Crippen molar-refractivity contribution in [2.75, 3.05) is 11.4 Å². The first-order valence-electron chi connectivity index (χ1n) is 13.5. The molecule has 1 aromatic carbocycles. The fraction of sp³-hybridized carbons (Fsp3) is 0.586. The van der Waals surface area contributed by atoms with Crippen LogP contribution in [-0.4, -0.2) is 35.8 Å². The number of anilines is 1. The van der Waals surface area contributed by atoms with E-state index in [0.29, 0.717) is 12.3 Å². The molecule has 0 unspecified atom stereocenters. The molecule has 0 aliphatic carbocycles. The molecule has 1 amide bonds. The van der Waals surface area contributed by atoms with E-state index in [1.54, 1.807) is 3.58 Å². The monoisotopic (exact) mass is 554 g/mol. The number of hydrogen-bond acceptors (Lipinski definition) is 2. The summed E-state index contributed by atoms with van der Waals surface area (Å²) >= 11 is -2.51. The summed E-state index contributed by atoms with van der Waals surface area (Å²) in [5.74, 6) is 0.307. The van der Waals surface area contributed by atoms with Crippen molar-refractivity contribution in [3.63, 3.8) is 0 Å². The topological polar surface area (TPSA) is 33.2 Å². The Morgan fingerprint density at radius 2 is 1.45 bits per heavy atom. The molecule has 0 saturated heterocycles. The predicted molar refractivity (Wildman–Crippen MR) is 143 cm³/mol. The van der Waals surface area contributed by atoms with Crippen LogP contribution in [0.1, 0.15) is 83.3 Å². The number of carbonyl (C=O) groups is 1. The molecule has 1 aromatic heterocycles. The molecule has 0 bridgehead atoms. The summed E-state index contributed by atoms with van der Waals surface area (Å²) in [5, 5.41) is 0. The van der Waals surface area contributed by atoms with Crippen LogP contribution >= 0.6 is 0 Å². The fourth-order valence-corrected chi connectivity index (χ4v) is 21.8. The molecular weight excluding hydrogens is 511 g/mol. The van der Waals surface area contributed by atoms with Gasteiger partial charge in [0.15, 0.2) is 0 Å². The van der Waals surface area contributed by atoms with Gasteiger partial charge in [-0.1, -0.05) is 0 Å². The molecule has 0 saturated carbocycles. The van der Waals surface area contributed by atoms with Gasteiger partial charge in [0.2, 0.25) is 0 Å². The molecule has 178 valence electrons. The fourth-order valence-electron chi connectivity index (χ4n) is 6.06. The first kappa shape index (κ1) is 24.8. The molecule has 33 heavy (non-hydrogen) atoms. The Hall–Kier alpha value is -1.36. The van der Waals surface area contributed by atoms with Crippen molar-refractivity contribution in [3.05, 3.63) is 41.7 Å². The summed E-state index contributed by atoms with van der Waals surface area (Å²) in [6.45, 7) is 7.92. The van der Waals surface area contributed by atoms with Gasteiger partial charge in [0.1, 0.15) is 0 Å². The summed E-state index contributed by atoms with van der Waals surface area (Å²) in [4.78, 5) is 19.4. The molecule has 4 rings (SSSR count). The molecular formula is C29H42N2OSn. The van der Waals surface area contributed by atoms with Crippen LogP contribution in [0.5, 0.6) is 0 Å². The minimum atomic E-state index is -2.51. The average Bonchev–Trinajstić information content (AvgIpc) is 2.86. The Labute approximate surface area is 205 Å². The molecule has 0 fully saturated rings. The Kier molecular flexibility index (Phi) is 8.53. The normalized spacial score (nSPS) is 15.6. The molecule has 3 nitrogen and oxygen atoms in total. The van der Waals surface area contributed by atoms with E-state index in [2.05, 4.69) is 56.3 Å². The van der Waals surface area contributed by atoms with Crippen molar-refractivity contribution in [1.29, 1.82) is 0 Å². The van der Waals surface area contributed by atoms with Gasteiger partial charge in [-0.15, -0.1) is 0 Å². The quantitative estimate of drug-likeness (QED) is 0.280. The third-order valence-electron chi connectivity index (χ3n) is 7.99. The minimum absolute atomic E-state index is 0.307. The van der Waals surface area contributed by atoms with E-state index in [9.17, 15) is 4.79 Å².